The van der Waals surface area contributed by atoms with Crippen molar-refractivity contribution in [3.8, 4) is 5.75 Å². The number of aliphatic imine (C=N–C) groups is 1. The topological polar surface area (TPSA) is 458 Å². The standard InChI is InChI=1S/C46H74N14O13/c1-7-23(4)36(43(70)54-25(6)38(65)56-29(45(72)73)16-17-33(47)62)59-41(68)32-11-9-19-60(32)44(71)31(20-26-12-14-27(61)15-13-26)58-40(67)30(21-34(48)63)57-39(66)28(10-8-18-52-46(50)51)55-37(64)24(5)53-42(69)35(49)22(2)3/h12-15,22-25,28-32,35-36,61H,7-11,16-21,49H2,1-6H3,(H2,47,62)(H2,48,63)(H,53,69)(H,54,70)(H,55,64)(H,56,65)(H,57,66)(H,58,67)(H,59,68)(H,72,73)(H4,50,51,52)/t23-,24-,25-,28-,29-,30-,31-,32-,35-,36-/m0/s1. The lowest BCUT2D eigenvalue weighted by atomic mass is 9.97. The average molecular weight is 1030 g/mol. The minimum Gasteiger partial charge on any atom is -0.508 e. The Kier molecular flexibility index (Phi) is 25.0. The molecule has 1 saturated heterocycles. The summed E-state index contributed by atoms with van der Waals surface area (Å²) in [6.45, 7) is 9.53. The Morgan fingerprint density at radius 3 is 1.77 bits per heavy atom. The maximum absolute atomic E-state index is 14.6. The van der Waals surface area contributed by atoms with Crippen LogP contribution in [0.2, 0.25) is 0 Å². The van der Waals surface area contributed by atoms with Gasteiger partial charge in [0.1, 0.15) is 54.1 Å². The van der Waals surface area contributed by atoms with Gasteiger partial charge in [-0.25, -0.2) is 4.79 Å². The summed E-state index contributed by atoms with van der Waals surface area (Å²) in [6.07, 6.45) is -0.823. The molecule has 1 aliphatic rings. The lowest BCUT2D eigenvalue weighted by molar-refractivity contribution is -0.143. The molecule has 0 saturated carbocycles. The smallest absolute Gasteiger partial charge is 0.326 e. The first-order chi connectivity index (χ1) is 34.2. The van der Waals surface area contributed by atoms with E-state index >= 15 is 0 Å². The molecule has 1 fully saturated rings. The Bertz CT molecular complexity index is 2170. The Labute approximate surface area is 423 Å². The van der Waals surface area contributed by atoms with Crippen LogP contribution in [0.4, 0.5) is 0 Å². The zero-order chi connectivity index (χ0) is 55.3. The summed E-state index contributed by atoms with van der Waals surface area (Å²) < 4.78 is 0. The quantitative estimate of drug-likeness (QED) is 0.0197. The zero-order valence-corrected chi connectivity index (χ0v) is 42.1. The lowest BCUT2D eigenvalue weighted by Gasteiger charge is -2.32. The number of nitrogens with one attached hydrogen (secondary N) is 7. The fourth-order valence-electron chi connectivity index (χ4n) is 7.43. The molecular formula is C46H74N14O13. The van der Waals surface area contributed by atoms with E-state index in [-0.39, 0.29) is 69.2 Å². The first-order valence-electron chi connectivity index (χ1n) is 24.0. The van der Waals surface area contributed by atoms with Gasteiger partial charge < -0.3 is 81.0 Å². The number of nitrogens with two attached hydrogens (primary N) is 5. The van der Waals surface area contributed by atoms with Crippen molar-refractivity contribution in [2.45, 2.75) is 154 Å². The second-order valence-electron chi connectivity index (χ2n) is 18.4. The van der Waals surface area contributed by atoms with Crippen molar-refractivity contribution >= 4 is 71.0 Å². The SMILES string of the molecule is CC[C@H](C)[C@H](NC(=O)[C@@H]1CCCN1C(=O)[C@H](Cc1ccc(O)cc1)NC(=O)[C@H](CC(N)=O)NC(=O)[C@H](CCCN=C(N)N)NC(=O)[C@H](C)NC(=O)[C@@H](N)C(C)C)C(=O)N[C@@H](C)C(=O)N[C@@H](CCC(N)=O)C(=O)O. The summed E-state index contributed by atoms with van der Waals surface area (Å²) in [5.74, 6) is -11.0. The number of carboxylic acid groups (broad SMARTS) is 1. The summed E-state index contributed by atoms with van der Waals surface area (Å²) in [7, 11) is 0. The molecule has 2 rings (SSSR count). The first kappa shape index (κ1) is 61.5. The highest BCUT2D eigenvalue weighted by Gasteiger charge is 2.41. The summed E-state index contributed by atoms with van der Waals surface area (Å²) in [6, 6.07) is -6.33. The van der Waals surface area contributed by atoms with Crippen LogP contribution in [-0.4, -0.2) is 154 Å². The molecule has 0 aromatic heterocycles. The van der Waals surface area contributed by atoms with Gasteiger partial charge >= 0.3 is 5.97 Å². The fraction of sp³-hybridized carbons (Fsp3) is 0.609. The van der Waals surface area contributed by atoms with E-state index in [1.807, 2.05) is 0 Å². The molecule has 1 aliphatic heterocycles. The number of nitrogens with zero attached hydrogens (tertiary/aromatic N) is 2. The summed E-state index contributed by atoms with van der Waals surface area (Å²) in [5.41, 5.74) is 27.9. The number of phenolic OH excluding ortho intramolecular Hbond substituents is 1. The van der Waals surface area contributed by atoms with Crippen molar-refractivity contribution in [3.05, 3.63) is 29.8 Å². The fourth-order valence-corrected chi connectivity index (χ4v) is 7.43. The third kappa shape index (κ3) is 20.6. The maximum Gasteiger partial charge on any atom is 0.326 e. The van der Waals surface area contributed by atoms with Crippen LogP contribution >= 0.6 is 0 Å². The van der Waals surface area contributed by atoms with Gasteiger partial charge in [-0.2, -0.15) is 0 Å². The second-order valence-corrected chi connectivity index (χ2v) is 18.4. The predicted molar refractivity (Wildman–Crippen MR) is 263 cm³/mol. The largest absolute Gasteiger partial charge is 0.508 e. The lowest BCUT2D eigenvalue weighted by Crippen LogP contribution is -2.61. The van der Waals surface area contributed by atoms with E-state index in [0.29, 0.717) is 18.4 Å². The third-order valence-corrected chi connectivity index (χ3v) is 12.1. The second kappa shape index (κ2) is 29.7. The molecule has 1 heterocycles. The van der Waals surface area contributed by atoms with Crippen LogP contribution in [0.5, 0.6) is 5.75 Å². The van der Waals surface area contributed by atoms with Gasteiger partial charge in [-0.05, 0) is 75.5 Å². The van der Waals surface area contributed by atoms with Crippen LogP contribution in [-0.2, 0) is 59.2 Å². The van der Waals surface area contributed by atoms with E-state index in [2.05, 4.69) is 42.2 Å². The van der Waals surface area contributed by atoms with Gasteiger partial charge in [0.25, 0.3) is 0 Å². The van der Waals surface area contributed by atoms with E-state index in [1.54, 1.807) is 27.7 Å². The number of likely N-dealkylation sites (tertiary alicyclic amines) is 1. The highest BCUT2D eigenvalue weighted by atomic mass is 16.4. The molecule has 0 unspecified atom stereocenters. The van der Waals surface area contributed by atoms with E-state index in [9.17, 15) is 63.0 Å². The van der Waals surface area contributed by atoms with Crippen LogP contribution in [0.15, 0.2) is 29.3 Å². The van der Waals surface area contributed by atoms with Crippen molar-refractivity contribution in [1.82, 2.24) is 42.1 Å². The monoisotopic (exact) mass is 1030 g/mol. The third-order valence-electron chi connectivity index (χ3n) is 12.1. The average Bonchev–Trinajstić information content (AvgIpc) is 3.82. The molecule has 0 aliphatic carbocycles. The number of amides is 10. The molecule has 0 spiro atoms. The molecule has 10 atom stereocenters. The van der Waals surface area contributed by atoms with Crippen molar-refractivity contribution in [3.63, 3.8) is 0 Å². The van der Waals surface area contributed by atoms with Crippen molar-refractivity contribution in [1.29, 1.82) is 0 Å². The van der Waals surface area contributed by atoms with Crippen LogP contribution in [0.1, 0.15) is 98.5 Å². The number of guanidine groups is 1. The minimum absolute atomic E-state index is 0.0156. The highest BCUT2D eigenvalue weighted by Crippen LogP contribution is 2.22. The molecule has 27 nitrogen and oxygen atoms in total. The number of carboxylic acids is 1. The molecule has 73 heavy (non-hydrogen) atoms. The number of hydrogen-bond acceptors (Lipinski definition) is 14. The van der Waals surface area contributed by atoms with Crippen molar-refractivity contribution < 1.29 is 63.0 Å². The molecular weight excluding hydrogens is 957 g/mol. The summed E-state index contributed by atoms with van der Waals surface area (Å²) in [5, 5.41) is 36.9. The number of benzene rings is 1. The van der Waals surface area contributed by atoms with E-state index in [1.165, 1.54) is 43.0 Å². The number of hydrogen-bond donors (Lipinski definition) is 14. The zero-order valence-electron chi connectivity index (χ0n) is 42.1. The Balaban J connectivity index is 2.42. The van der Waals surface area contributed by atoms with Crippen molar-refractivity contribution in [2.75, 3.05) is 13.1 Å². The Hall–Kier alpha value is -7.58. The van der Waals surface area contributed by atoms with E-state index < -0.39 is 132 Å². The Morgan fingerprint density at radius 2 is 1.23 bits per heavy atom. The molecule has 1 aromatic carbocycles. The van der Waals surface area contributed by atoms with Crippen LogP contribution in [0, 0.1) is 11.8 Å². The van der Waals surface area contributed by atoms with Gasteiger partial charge in [-0.15, -0.1) is 0 Å². The van der Waals surface area contributed by atoms with Crippen LogP contribution < -0.4 is 65.9 Å². The summed E-state index contributed by atoms with van der Waals surface area (Å²) in [4.78, 5) is 150. The van der Waals surface area contributed by atoms with Gasteiger partial charge in [0, 0.05) is 25.9 Å². The highest BCUT2D eigenvalue weighted by molar-refractivity contribution is 5.99. The maximum atomic E-state index is 14.6. The van der Waals surface area contributed by atoms with Crippen molar-refractivity contribution in [2.24, 2.45) is 45.5 Å². The van der Waals surface area contributed by atoms with Crippen LogP contribution in [0.3, 0.4) is 0 Å². The molecule has 1 aromatic rings. The van der Waals surface area contributed by atoms with Gasteiger partial charge in [0.15, 0.2) is 5.96 Å². The Morgan fingerprint density at radius 1 is 0.685 bits per heavy atom. The first-order valence-corrected chi connectivity index (χ1v) is 24.0. The van der Waals surface area contributed by atoms with Gasteiger partial charge in [0.05, 0.1) is 12.5 Å². The minimum atomic E-state index is -1.74. The molecule has 0 bridgehead atoms. The number of carbonyl (C=O) groups is 11. The molecule has 19 N–H and O–H groups in total. The number of primary amides is 2. The summed E-state index contributed by atoms with van der Waals surface area (Å²) >= 11 is 0. The molecule has 0 radical (unpaired) electrons. The number of rotatable bonds is 30. The van der Waals surface area contributed by atoms with E-state index in [0.717, 1.165) is 0 Å². The van der Waals surface area contributed by atoms with Crippen LogP contribution in [0.25, 0.3) is 0 Å². The molecule has 10 amide bonds. The number of phenols is 1. The number of aromatic hydroxyl groups is 1. The number of aliphatic carboxylic acids is 1. The van der Waals surface area contributed by atoms with Gasteiger partial charge in [-0.1, -0.05) is 46.2 Å². The van der Waals surface area contributed by atoms with E-state index in [4.69, 9.17) is 28.7 Å². The van der Waals surface area contributed by atoms with Gasteiger partial charge in [-0.3, -0.25) is 52.9 Å². The molecule has 27 heteroatoms. The normalized spacial score (nSPS) is 16.8. The predicted octanol–water partition coefficient (Wildman–Crippen LogP) is -4.33. The molecule has 406 valence electrons. The van der Waals surface area contributed by atoms with Gasteiger partial charge in [0.2, 0.25) is 59.1 Å². The number of carbonyl (C=O) groups excluding carboxylic acids is 10.